The number of aliphatic carboxylic acids is 1. The first-order valence-electron chi connectivity index (χ1n) is 8.30. The van der Waals surface area contributed by atoms with E-state index in [0.29, 0.717) is 30.7 Å². The second-order valence-electron chi connectivity index (χ2n) is 6.14. The Morgan fingerprint density at radius 2 is 2.08 bits per heavy atom. The highest BCUT2D eigenvalue weighted by Gasteiger charge is 2.38. The van der Waals surface area contributed by atoms with Crippen LogP contribution in [0.2, 0.25) is 0 Å². The summed E-state index contributed by atoms with van der Waals surface area (Å²) in [7, 11) is 0. The van der Waals surface area contributed by atoms with Crippen molar-refractivity contribution in [1.82, 2.24) is 10.2 Å². The minimum atomic E-state index is -0.948. The number of hydrogen-bond acceptors (Lipinski definition) is 4. The zero-order valence-corrected chi connectivity index (χ0v) is 14.9. The van der Waals surface area contributed by atoms with Gasteiger partial charge in [-0.3, -0.25) is 14.4 Å². The normalized spacial score (nSPS) is 17.8. The molecule has 6 nitrogen and oxygen atoms in total. The Kier molecular flexibility index (Phi) is 5.99. The quantitative estimate of drug-likeness (QED) is 0.789. The van der Waals surface area contributed by atoms with Crippen molar-refractivity contribution < 1.29 is 19.5 Å². The number of nitrogens with zero attached hydrogens (tertiary/aromatic N) is 1. The average molecular weight is 352 g/mol. The first-order valence-corrected chi connectivity index (χ1v) is 9.18. The van der Waals surface area contributed by atoms with Gasteiger partial charge in [0.05, 0.1) is 10.3 Å². The summed E-state index contributed by atoms with van der Waals surface area (Å²) in [5.74, 6) is -1.28. The van der Waals surface area contributed by atoms with E-state index in [1.54, 1.807) is 11.0 Å². The van der Waals surface area contributed by atoms with E-state index in [4.69, 9.17) is 0 Å². The molecule has 0 spiro atoms. The summed E-state index contributed by atoms with van der Waals surface area (Å²) in [6.45, 7) is 4.27. The van der Waals surface area contributed by atoms with Crippen molar-refractivity contribution in [2.24, 2.45) is 5.41 Å². The van der Waals surface area contributed by atoms with Crippen LogP contribution in [-0.2, 0) is 9.59 Å². The van der Waals surface area contributed by atoms with Gasteiger partial charge in [-0.1, -0.05) is 19.9 Å². The lowest BCUT2D eigenvalue weighted by molar-refractivity contribution is -0.149. The molecule has 2 rings (SSSR count). The second kappa shape index (κ2) is 7.79. The maximum atomic E-state index is 12.5. The van der Waals surface area contributed by atoms with Crippen molar-refractivity contribution >= 4 is 29.1 Å². The Bertz CT molecular complexity index is 596. The van der Waals surface area contributed by atoms with Crippen LogP contribution in [0.1, 0.15) is 49.2 Å². The standard InChI is InChI=1S/C17H24N2O4S/c1-3-17(4-2,16(22)23)11-18-14(20)12-7-5-9-19(12)15(21)13-8-6-10-24-13/h6,8,10,12H,3-5,7,9,11H2,1-2H3,(H,18,20)(H,22,23). The van der Waals surface area contributed by atoms with E-state index in [2.05, 4.69) is 5.32 Å². The van der Waals surface area contributed by atoms with E-state index < -0.39 is 17.4 Å². The van der Waals surface area contributed by atoms with E-state index >= 15 is 0 Å². The molecule has 1 atom stereocenters. The molecular formula is C17H24N2O4S. The molecule has 1 saturated heterocycles. The molecule has 1 fully saturated rings. The molecule has 1 unspecified atom stereocenters. The van der Waals surface area contributed by atoms with E-state index in [0.717, 1.165) is 6.42 Å². The zero-order chi connectivity index (χ0) is 17.7. The van der Waals surface area contributed by atoms with Gasteiger partial charge in [0.25, 0.3) is 5.91 Å². The highest BCUT2D eigenvalue weighted by Crippen LogP contribution is 2.27. The smallest absolute Gasteiger partial charge is 0.311 e. The summed E-state index contributed by atoms with van der Waals surface area (Å²) in [6, 6.07) is 3.05. The zero-order valence-electron chi connectivity index (χ0n) is 14.1. The molecule has 0 aromatic carbocycles. The SMILES string of the molecule is CCC(CC)(CNC(=O)C1CCCN1C(=O)c1cccs1)C(=O)O. The highest BCUT2D eigenvalue weighted by atomic mass is 32.1. The fourth-order valence-electron chi connectivity index (χ4n) is 3.08. The van der Waals surface area contributed by atoms with E-state index in [9.17, 15) is 19.5 Å². The molecule has 2 N–H and O–H groups in total. The summed E-state index contributed by atoms with van der Waals surface area (Å²) >= 11 is 1.36. The fourth-order valence-corrected chi connectivity index (χ4v) is 3.76. The maximum Gasteiger partial charge on any atom is 0.311 e. The lowest BCUT2D eigenvalue weighted by atomic mass is 9.82. The van der Waals surface area contributed by atoms with Crippen LogP contribution in [-0.4, -0.2) is 46.9 Å². The minimum Gasteiger partial charge on any atom is -0.481 e. The van der Waals surface area contributed by atoms with Crippen LogP contribution in [0.15, 0.2) is 17.5 Å². The maximum absolute atomic E-state index is 12.5. The molecule has 1 aliphatic heterocycles. The van der Waals surface area contributed by atoms with Crippen LogP contribution in [0.3, 0.4) is 0 Å². The van der Waals surface area contributed by atoms with Gasteiger partial charge in [-0.05, 0) is 37.1 Å². The molecular weight excluding hydrogens is 328 g/mol. The van der Waals surface area contributed by atoms with Crippen molar-refractivity contribution in [3.8, 4) is 0 Å². The molecule has 1 aliphatic rings. The molecule has 2 heterocycles. The molecule has 7 heteroatoms. The van der Waals surface area contributed by atoms with Crippen molar-refractivity contribution in [3.63, 3.8) is 0 Å². The van der Waals surface area contributed by atoms with Gasteiger partial charge >= 0.3 is 5.97 Å². The lowest BCUT2D eigenvalue weighted by Crippen LogP contribution is -2.50. The Morgan fingerprint density at radius 3 is 2.62 bits per heavy atom. The van der Waals surface area contributed by atoms with Gasteiger partial charge in [0, 0.05) is 13.1 Å². The van der Waals surface area contributed by atoms with Gasteiger partial charge in [0.2, 0.25) is 5.91 Å². The highest BCUT2D eigenvalue weighted by molar-refractivity contribution is 7.12. The molecule has 0 saturated carbocycles. The Hall–Kier alpha value is -1.89. The third kappa shape index (κ3) is 3.61. The molecule has 0 aliphatic carbocycles. The van der Waals surface area contributed by atoms with E-state index in [1.807, 2.05) is 25.3 Å². The molecule has 0 bridgehead atoms. The number of likely N-dealkylation sites (tertiary alicyclic amines) is 1. The largest absolute Gasteiger partial charge is 0.481 e. The topological polar surface area (TPSA) is 86.7 Å². The van der Waals surface area contributed by atoms with Crippen LogP contribution in [0.4, 0.5) is 0 Å². The first-order chi connectivity index (χ1) is 11.4. The van der Waals surface area contributed by atoms with Gasteiger partial charge in [-0.2, -0.15) is 0 Å². The van der Waals surface area contributed by atoms with Gasteiger partial charge in [0.1, 0.15) is 6.04 Å². The molecule has 2 amide bonds. The number of rotatable bonds is 7. The lowest BCUT2D eigenvalue weighted by Gasteiger charge is -2.29. The number of nitrogens with one attached hydrogen (secondary N) is 1. The van der Waals surface area contributed by atoms with E-state index in [1.165, 1.54) is 11.3 Å². The summed E-state index contributed by atoms with van der Waals surface area (Å²) in [5, 5.41) is 14.1. The third-order valence-corrected chi connectivity index (χ3v) is 5.81. The molecule has 1 aromatic rings. The number of thiophene rings is 1. The van der Waals surface area contributed by atoms with Gasteiger partial charge in [-0.15, -0.1) is 11.3 Å². The van der Waals surface area contributed by atoms with Crippen molar-refractivity contribution in [2.45, 2.75) is 45.6 Å². The predicted molar refractivity (Wildman–Crippen MR) is 92.0 cm³/mol. The number of carbonyl (C=O) groups is 3. The number of amides is 2. The fraction of sp³-hybridized carbons (Fsp3) is 0.588. The number of carboxylic acids is 1. The number of carbonyl (C=O) groups excluding carboxylic acids is 2. The first kappa shape index (κ1) is 18.4. The summed E-state index contributed by atoms with van der Waals surface area (Å²) < 4.78 is 0. The van der Waals surface area contributed by atoms with Crippen molar-refractivity contribution in [3.05, 3.63) is 22.4 Å². The summed E-state index contributed by atoms with van der Waals surface area (Å²) in [5.41, 5.74) is -0.948. The molecule has 1 aromatic heterocycles. The second-order valence-corrected chi connectivity index (χ2v) is 7.09. The summed E-state index contributed by atoms with van der Waals surface area (Å²) in [6.07, 6.45) is 2.28. The number of hydrogen-bond donors (Lipinski definition) is 2. The van der Waals surface area contributed by atoms with Gasteiger partial charge in [-0.25, -0.2) is 0 Å². The minimum absolute atomic E-state index is 0.0890. The van der Waals surface area contributed by atoms with Crippen LogP contribution in [0, 0.1) is 5.41 Å². The van der Waals surface area contributed by atoms with Gasteiger partial charge < -0.3 is 15.3 Å². The number of carboxylic acid groups (broad SMARTS) is 1. The Balaban J connectivity index is 2.03. The van der Waals surface area contributed by atoms with Crippen LogP contribution >= 0.6 is 11.3 Å². The molecule has 24 heavy (non-hydrogen) atoms. The third-order valence-electron chi connectivity index (χ3n) is 4.96. The average Bonchev–Trinajstić information content (AvgIpc) is 3.26. The molecule has 0 radical (unpaired) electrons. The predicted octanol–water partition coefficient (Wildman–Crippen LogP) is 2.36. The Labute approximate surface area is 145 Å². The Morgan fingerprint density at radius 1 is 1.38 bits per heavy atom. The molecule has 132 valence electrons. The van der Waals surface area contributed by atoms with Crippen molar-refractivity contribution in [2.75, 3.05) is 13.1 Å². The van der Waals surface area contributed by atoms with Crippen LogP contribution in [0.25, 0.3) is 0 Å². The van der Waals surface area contributed by atoms with E-state index in [-0.39, 0.29) is 18.4 Å². The van der Waals surface area contributed by atoms with Crippen LogP contribution < -0.4 is 5.32 Å². The van der Waals surface area contributed by atoms with Crippen molar-refractivity contribution in [1.29, 1.82) is 0 Å². The summed E-state index contributed by atoms with van der Waals surface area (Å²) in [4.78, 5) is 38.8. The van der Waals surface area contributed by atoms with Crippen LogP contribution in [0.5, 0.6) is 0 Å². The monoisotopic (exact) mass is 352 g/mol. The van der Waals surface area contributed by atoms with Gasteiger partial charge in [0.15, 0.2) is 0 Å².